The third-order valence-electron chi connectivity index (χ3n) is 1.31. The van der Waals surface area contributed by atoms with Crippen LogP contribution in [0.15, 0.2) is 0 Å². The monoisotopic (exact) mass is 156 g/mol. The molecule has 1 unspecified atom stereocenters. The standard InChI is InChI=1S/C7H8S2/c1-2-6-4-3-5-7(8)9-6/h1,6H,3-5H2. The molecule has 9 heavy (non-hydrogen) atoms. The molecular weight excluding hydrogens is 148 g/mol. The Morgan fingerprint density at radius 2 is 2.56 bits per heavy atom. The van der Waals surface area contributed by atoms with E-state index in [0.29, 0.717) is 5.25 Å². The molecule has 0 aromatic carbocycles. The second-order valence-corrected chi connectivity index (χ2v) is 4.09. The van der Waals surface area contributed by atoms with E-state index < -0.39 is 0 Å². The van der Waals surface area contributed by atoms with Gasteiger partial charge in [-0.05, 0) is 19.3 Å². The minimum Gasteiger partial charge on any atom is -0.119 e. The smallest absolute Gasteiger partial charge is 0.0706 e. The van der Waals surface area contributed by atoms with E-state index in [1.165, 1.54) is 6.42 Å². The minimum atomic E-state index is 0.367. The van der Waals surface area contributed by atoms with Crippen LogP contribution in [0.5, 0.6) is 0 Å². The Morgan fingerprint density at radius 3 is 3.00 bits per heavy atom. The summed E-state index contributed by atoms with van der Waals surface area (Å²) in [5.41, 5.74) is 0. The Bertz CT molecular complexity index is 155. The molecule has 48 valence electrons. The molecule has 0 aromatic rings. The molecular formula is C7H8S2. The van der Waals surface area contributed by atoms with E-state index >= 15 is 0 Å². The molecule has 0 bridgehead atoms. The quantitative estimate of drug-likeness (QED) is 0.389. The molecule has 1 saturated heterocycles. The summed E-state index contributed by atoms with van der Waals surface area (Å²) in [6.45, 7) is 0. The second kappa shape index (κ2) is 3.24. The molecule has 0 aliphatic carbocycles. The van der Waals surface area contributed by atoms with Crippen LogP contribution >= 0.6 is 24.0 Å². The van der Waals surface area contributed by atoms with Gasteiger partial charge in [0.1, 0.15) is 0 Å². The average Bonchev–Trinajstić information content (AvgIpc) is 1.88. The first kappa shape index (κ1) is 7.11. The van der Waals surface area contributed by atoms with Crippen LogP contribution in [0.3, 0.4) is 0 Å². The molecule has 1 fully saturated rings. The first-order chi connectivity index (χ1) is 4.33. The summed E-state index contributed by atoms with van der Waals surface area (Å²) in [5.74, 6) is 2.71. The van der Waals surface area contributed by atoms with Crippen molar-refractivity contribution in [3.63, 3.8) is 0 Å². The van der Waals surface area contributed by atoms with E-state index in [-0.39, 0.29) is 0 Å². The van der Waals surface area contributed by atoms with Gasteiger partial charge in [0.2, 0.25) is 0 Å². The van der Waals surface area contributed by atoms with Crippen molar-refractivity contribution >= 4 is 28.2 Å². The van der Waals surface area contributed by atoms with Gasteiger partial charge in [-0.3, -0.25) is 0 Å². The normalized spacial score (nSPS) is 27.4. The molecule has 1 rings (SSSR count). The number of hydrogen-bond donors (Lipinski definition) is 0. The number of thioether (sulfide) groups is 1. The van der Waals surface area contributed by atoms with E-state index in [9.17, 15) is 0 Å². The zero-order valence-corrected chi connectivity index (χ0v) is 6.73. The second-order valence-electron chi connectivity index (χ2n) is 2.04. The van der Waals surface area contributed by atoms with E-state index in [1.807, 2.05) is 0 Å². The van der Waals surface area contributed by atoms with Crippen LogP contribution in [0.1, 0.15) is 19.3 Å². The lowest BCUT2D eigenvalue weighted by Gasteiger charge is -2.15. The van der Waals surface area contributed by atoms with Gasteiger partial charge in [-0.1, -0.05) is 18.1 Å². The van der Waals surface area contributed by atoms with Gasteiger partial charge in [0.15, 0.2) is 0 Å². The average molecular weight is 156 g/mol. The first-order valence-corrected chi connectivity index (χ1v) is 4.27. The van der Waals surface area contributed by atoms with Crippen LogP contribution in [-0.2, 0) is 0 Å². The summed E-state index contributed by atoms with van der Waals surface area (Å²) in [6, 6.07) is 0. The molecule has 0 radical (unpaired) electrons. The molecule has 0 amide bonds. The fourth-order valence-electron chi connectivity index (χ4n) is 0.826. The lowest BCUT2D eigenvalue weighted by Crippen LogP contribution is -2.09. The highest BCUT2D eigenvalue weighted by Crippen LogP contribution is 2.26. The summed E-state index contributed by atoms with van der Waals surface area (Å²) in [4.78, 5) is 0. The van der Waals surface area contributed by atoms with Crippen molar-refractivity contribution in [2.45, 2.75) is 24.5 Å². The fraction of sp³-hybridized carbons (Fsp3) is 0.571. The van der Waals surface area contributed by atoms with Crippen molar-refractivity contribution in [1.82, 2.24) is 0 Å². The van der Waals surface area contributed by atoms with Gasteiger partial charge in [0.05, 0.1) is 5.25 Å². The molecule has 1 aliphatic rings. The van der Waals surface area contributed by atoms with Gasteiger partial charge >= 0.3 is 0 Å². The van der Waals surface area contributed by atoms with Crippen molar-refractivity contribution in [1.29, 1.82) is 0 Å². The summed E-state index contributed by atoms with van der Waals surface area (Å²) in [6.07, 6.45) is 8.64. The van der Waals surface area contributed by atoms with Crippen molar-refractivity contribution in [3.05, 3.63) is 0 Å². The Labute approximate surface area is 65.4 Å². The summed E-state index contributed by atoms with van der Waals surface area (Å²) in [7, 11) is 0. The maximum absolute atomic E-state index is 5.24. The zero-order valence-electron chi connectivity index (χ0n) is 5.09. The predicted octanol–water partition coefficient (Wildman–Crippen LogP) is 2.23. The van der Waals surface area contributed by atoms with Gasteiger partial charge in [0.25, 0.3) is 0 Å². The van der Waals surface area contributed by atoms with Crippen LogP contribution in [0.4, 0.5) is 0 Å². The van der Waals surface area contributed by atoms with Crippen molar-refractivity contribution < 1.29 is 0 Å². The van der Waals surface area contributed by atoms with Gasteiger partial charge in [0, 0.05) is 4.20 Å². The van der Waals surface area contributed by atoms with E-state index in [2.05, 4.69) is 5.92 Å². The predicted molar refractivity (Wildman–Crippen MR) is 46.7 cm³/mol. The summed E-state index contributed by atoms with van der Waals surface area (Å²) in [5, 5.41) is 0.367. The largest absolute Gasteiger partial charge is 0.119 e. The summed E-state index contributed by atoms with van der Waals surface area (Å²) < 4.78 is 1.09. The van der Waals surface area contributed by atoms with E-state index in [4.69, 9.17) is 18.6 Å². The van der Waals surface area contributed by atoms with Crippen LogP contribution < -0.4 is 0 Å². The first-order valence-electron chi connectivity index (χ1n) is 2.98. The van der Waals surface area contributed by atoms with Crippen LogP contribution in [0, 0.1) is 12.3 Å². The molecule has 0 saturated carbocycles. The fourth-order valence-corrected chi connectivity index (χ4v) is 2.25. The molecule has 0 nitrogen and oxygen atoms in total. The Morgan fingerprint density at radius 1 is 1.78 bits per heavy atom. The maximum Gasteiger partial charge on any atom is 0.0706 e. The SMILES string of the molecule is C#CC1CCCC(=S)S1. The minimum absolute atomic E-state index is 0.367. The highest BCUT2D eigenvalue weighted by molar-refractivity contribution is 8.23. The number of hydrogen-bond acceptors (Lipinski definition) is 2. The van der Waals surface area contributed by atoms with Crippen molar-refractivity contribution in [3.8, 4) is 12.3 Å². The number of terminal acetylenes is 1. The lowest BCUT2D eigenvalue weighted by atomic mass is 10.2. The third kappa shape index (κ3) is 2.00. The van der Waals surface area contributed by atoms with E-state index in [0.717, 1.165) is 17.0 Å². The van der Waals surface area contributed by atoms with Crippen LogP contribution in [-0.4, -0.2) is 9.45 Å². The van der Waals surface area contributed by atoms with Gasteiger partial charge < -0.3 is 0 Å². The lowest BCUT2D eigenvalue weighted by molar-refractivity contribution is 0.797. The summed E-state index contributed by atoms with van der Waals surface area (Å²) >= 11 is 6.70. The molecule has 1 atom stereocenters. The van der Waals surface area contributed by atoms with Crippen LogP contribution in [0.25, 0.3) is 0 Å². The number of rotatable bonds is 0. The van der Waals surface area contributed by atoms with Gasteiger partial charge in [-0.15, -0.1) is 18.2 Å². The highest BCUT2D eigenvalue weighted by Gasteiger charge is 2.14. The van der Waals surface area contributed by atoms with Gasteiger partial charge in [-0.2, -0.15) is 0 Å². The third-order valence-corrected chi connectivity index (χ3v) is 2.92. The molecule has 1 heterocycles. The van der Waals surface area contributed by atoms with Crippen molar-refractivity contribution in [2.75, 3.05) is 0 Å². The molecule has 0 aromatic heterocycles. The Balaban J connectivity index is 2.43. The highest BCUT2D eigenvalue weighted by atomic mass is 32.2. The Hall–Kier alpha value is -0.000000000000000111. The van der Waals surface area contributed by atoms with E-state index in [1.54, 1.807) is 11.8 Å². The topological polar surface area (TPSA) is 0 Å². The molecule has 1 aliphatic heterocycles. The van der Waals surface area contributed by atoms with Crippen molar-refractivity contribution in [2.24, 2.45) is 0 Å². The zero-order chi connectivity index (χ0) is 6.69. The molecule has 0 spiro atoms. The molecule has 2 heteroatoms. The maximum atomic E-state index is 5.24. The molecule has 0 N–H and O–H groups in total. The number of thiocarbonyl (C=S) groups is 1. The van der Waals surface area contributed by atoms with Gasteiger partial charge in [-0.25, -0.2) is 0 Å². The Kier molecular flexibility index (Phi) is 2.56. The van der Waals surface area contributed by atoms with Crippen LogP contribution in [0.2, 0.25) is 0 Å².